The maximum absolute atomic E-state index is 13.6. The van der Waals surface area contributed by atoms with Gasteiger partial charge in [-0.15, -0.1) is 0 Å². The van der Waals surface area contributed by atoms with Gasteiger partial charge < -0.3 is 10.1 Å². The van der Waals surface area contributed by atoms with Gasteiger partial charge in [0, 0.05) is 23.2 Å². The van der Waals surface area contributed by atoms with Gasteiger partial charge in [-0.05, 0) is 25.5 Å². The van der Waals surface area contributed by atoms with Crippen molar-refractivity contribution in [3.8, 4) is 0 Å². The van der Waals surface area contributed by atoms with Gasteiger partial charge >= 0.3 is 0 Å². The summed E-state index contributed by atoms with van der Waals surface area (Å²) in [5, 5.41) is 3.80. The first-order valence-electron chi connectivity index (χ1n) is 6.08. The molecule has 18 heavy (non-hydrogen) atoms. The van der Waals surface area contributed by atoms with Gasteiger partial charge in [-0.2, -0.15) is 0 Å². The van der Waals surface area contributed by atoms with Crippen LogP contribution in [-0.2, 0) is 4.74 Å². The van der Waals surface area contributed by atoms with E-state index in [2.05, 4.69) is 5.32 Å². The first kappa shape index (κ1) is 13.5. The molecule has 1 aliphatic heterocycles. The van der Waals surface area contributed by atoms with E-state index < -0.39 is 0 Å². The number of hydrogen-bond acceptors (Lipinski definition) is 2. The molecule has 1 atom stereocenters. The minimum absolute atomic E-state index is 0.283. The van der Waals surface area contributed by atoms with Gasteiger partial charge in [-0.1, -0.05) is 29.3 Å². The highest BCUT2D eigenvalue weighted by Gasteiger charge is 2.13. The van der Waals surface area contributed by atoms with Crippen molar-refractivity contribution >= 4 is 17.7 Å². The van der Waals surface area contributed by atoms with Gasteiger partial charge in [0.1, 0.15) is 5.82 Å². The summed E-state index contributed by atoms with van der Waals surface area (Å²) >= 11 is 5.72. The molecule has 98 valence electrons. The molecule has 1 aliphatic rings. The molecular formula is C14H17ClFNO. The van der Waals surface area contributed by atoms with Crippen molar-refractivity contribution < 1.29 is 9.13 Å². The van der Waals surface area contributed by atoms with Crippen molar-refractivity contribution in [2.24, 2.45) is 0 Å². The van der Waals surface area contributed by atoms with Crippen LogP contribution >= 0.6 is 11.6 Å². The van der Waals surface area contributed by atoms with E-state index in [-0.39, 0.29) is 5.82 Å². The highest BCUT2D eigenvalue weighted by Crippen LogP contribution is 2.19. The van der Waals surface area contributed by atoms with Crippen LogP contribution in [0.3, 0.4) is 0 Å². The van der Waals surface area contributed by atoms with Gasteiger partial charge in [0.15, 0.2) is 0 Å². The standard InChI is InChI=1S/C14H17ClFNO/c1-10(7-13-9-18-5-4-17-13)6-11-2-3-12(15)8-14(11)16/h2-3,6,8,13,17H,4-5,7,9H2,1H3/b10-6-. The van der Waals surface area contributed by atoms with E-state index in [9.17, 15) is 4.39 Å². The second-order valence-electron chi connectivity index (χ2n) is 4.59. The summed E-state index contributed by atoms with van der Waals surface area (Å²) in [6.07, 6.45) is 2.73. The SMILES string of the molecule is C/C(=C/c1ccc(Cl)cc1F)CC1COCCN1. The number of rotatable bonds is 3. The number of nitrogens with one attached hydrogen (secondary N) is 1. The first-order valence-corrected chi connectivity index (χ1v) is 6.46. The number of halogens is 2. The molecule has 0 saturated carbocycles. The van der Waals surface area contributed by atoms with Gasteiger partial charge in [-0.3, -0.25) is 0 Å². The van der Waals surface area contributed by atoms with Gasteiger partial charge in [0.2, 0.25) is 0 Å². The van der Waals surface area contributed by atoms with Crippen LogP contribution < -0.4 is 5.32 Å². The van der Waals surface area contributed by atoms with Crippen molar-refractivity contribution in [1.82, 2.24) is 5.32 Å². The fourth-order valence-electron chi connectivity index (χ4n) is 2.08. The topological polar surface area (TPSA) is 21.3 Å². The molecule has 1 saturated heterocycles. The van der Waals surface area contributed by atoms with Crippen LogP contribution in [0.15, 0.2) is 23.8 Å². The Morgan fingerprint density at radius 3 is 3.11 bits per heavy atom. The molecule has 1 fully saturated rings. The molecule has 0 amide bonds. The molecule has 2 rings (SSSR count). The summed E-state index contributed by atoms with van der Waals surface area (Å²) in [6, 6.07) is 5.06. The van der Waals surface area contributed by atoms with Crippen LogP contribution in [0.25, 0.3) is 6.08 Å². The summed E-state index contributed by atoms with van der Waals surface area (Å²) in [7, 11) is 0. The molecule has 1 unspecified atom stereocenters. The third-order valence-corrected chi connectivity index (χ3v) is 3.17. The lowest BCUT2D eigenvalue weighted by Crippen LogP contribution is -2.41. The molecule has 0 aliphatic carbocycles. The largest absolute Gasteiger partial charge is 0.379 e. The zero-order valence-electron chi connectivity index (χ0n) is 10.4. The Morgan fingerprint density at radius 2 is 2.44 bits per heavy atom. The summed E-state index contributed by atoms with van der Waals surface area (Å²) in [5.74, 6) is -0.283. The zero-order valence-corrected chi connectivity index (χ0v) is 11.1. The predicted molar refractivity (Wildman–Crippen MR) is 72.3 cm³/mol. The zero-order chi connectivity index (χ0) is 13.0. The maximum atomic E-state index is 13.6. The number of hydrogen-bond donors (Lipinski definition) is 1. The van der Waals surface area contributed by atoms with Gasteiger partial charge in [0.05, 0.1) is 13.2 Å². The van der Waals surface area contributed by atoms with E-state index in [4.69, 9.17) is 16.3 Å². The van der Waals surface area contributed by atoms with E-state index >= 15 is 0 Å². The Morgan fingerprint density at radius 1 is 1.61 bits per heavy atom. The Balaban J connectivity index is 2.02. The minimum atomic E-state index is -0.283. The number of morpholine rings is 1. The van der Waals surface area contributed by atoms with E-state index in [0.29, 0.717) is 23.2 Å². The van der Waals surface area contributed by atoms with Crippen molar-refractivity contribution in [2.45, 2.75) is 19.4 Å². The Kier molecular flexibility index (Phi) is 4.75. The van der Waals surface area contributed by atoms with E-state index in [1.165, 1.54) is 6.07 Å². The summed E-state index contributed by atoms with van der Waals surface area (Å²) in [5.41, 5.74) is 1.70. The van der Waals surface area contributed by atoms with Crippen LogP contribution in [0.5, 0.6) is 0 Å². The molecule has 4 heteroatoms. The molecule has 1 aromatic carbocycles. The molecular weight excluding hydrogens is 253 g/mol. The van der Waals surface area contributed by atoms with Crippen molar-refractivity contribution in [3.63, 3.8) is 0 Å². The monoisotopic (exact) mass is 269 g/mol. The fraction of sp³-hybridized carbons (Fsp3) is 0.429. The van der Waals surface area contributed by atoms with Crippen LogP contribution in [0.1, 0.15) is 18.9 Å². The quantitative estimate of drug-likeness (QED) is 0.909. The van der Waals surface area contributed by atoms with Gasteiger partial charge in [-0.25, -0.2) is 4.39 Å². The summed E-state index contributed by atoms with van der Waals surface area (Å²) in [4.78, 5) is 0. The third kappa shape index (κ3) is 3.80. The lowest BCUT2D eigenvalue weighted by molar-refractivity contribution is 0.0771. The Bertz CT molecular complexity index is 441. The fourth-order valence-corrected chi connectivity index (χ4v) is 2.24. The van der Waals surface area contributed by atoms with Crippen LogP contribution in [0, 0.1) is 5.82 Å². The molecule has 2 nitrogen and oxygen atoms in total. The third-order valence-electron chi connectivity index (χ3n) is 2.93. The van der Waals surface area contributed by atoms with Crippen molar-refractivity contribution in [3.05, 3.63) is 40.2 Å². The van der Waals surface area contributed by atoms with Crippen molar-refractivity contribution in [1.29, 1.82) is 0 Å². The summed E-state index contributed by atoms with van der Waals surface area (Å²) < 4.78 is 19.0. The normalized spacial score (nSPS) is 21.1. The van der Waals surface area contributed by atoms with Crippen LogP contribution in [0.4, 0.5) is 4.39 Å². The van der Waals surface area contributed by atoms with E-state index in [1.807, 2.05) is 13.0 Å². The molecule has 1 aromatic rings. The smallest absolute Gasteiger partial charge is 0.131 e. The predicted octanol–water partition coefficient (Wildman–Crippen LogP) is 3.26. The van der Waals surface area contributed by atoms with Crippen LogP contribution in [-0.4, -0.2) is 25.8 Å². The first-order chi connectivity index (χ1) is 8.65. The van der Waals surface area contributed by atoms with Gasteiger partial charge in [0.25, 0.3) is 0 Å². The Labute approximate surface area is 112 Å². The average Bonchev–Trinajstić information content (AvgIpc) is 2.34. The van der Waals surface area contributed by atoms with Crippen LogP contribution in [0.2, 0.25) is 5.02 Å². The lowest BCUT2D eigenvalue weighted by Gasteiger charge is -2.24. The van der Waals surface area contributed by atoms with E-state index in [1.54, 1.807) is 12.1 Å². The molecule has 1 heterocycles. The second-order valence-corrected chi connectivity index (χ2v) is 5.02. The molecule has 0 bridgehead atoms. The number of benzene rings is 1. The highest BCUT2D eigenvalue weighted by atomic mass is 35.5. The molecule has 1 N–H and O–H groups in total. The minimum Gasteiger partial charge on any atom is -0.379 e. The summed E-state index contributed by atoms with van der Waals surface area (Å²) in [6.45, 7) is 4.37. The maximum Gasteiger partial charge on any atom is 0.131 e. The Hall–Kier alpha value is -0.900. The lowest BCUT2D eigenvalue weighted by atomic mass is 10.0. The van der Waals surface area contributed by atoms with E-state index in [0.717, 1.165) is 25.1 Å². The molecule has 0 aromatic heterocycles. The number of ether oxygens (including phenoxy) is 1. The molecule has 0 spiro atoms. The van der Waals surface area contributed by atoms with Crippen molar-refractivity contribution in [2.75, 3.05) is 19.8 Å². The second kappa shape index (κ2) is 6.32. The molecule has 0 radical (unpaired) electrons. The average molecular weight is 270 g/mol. The highest BCUT2D eigenvalue weighted by molar-refractivity contribution is 6.30.